The first-order valence-corrected chi connectivity index (χ1v) is 8.31. The van der Waals surface area contributed by atoms with Crippen molar-refractivity contribution >= 4 is 29.7 Å². The van der Waals surface area contributed by atoms with Crippen molar-refractivity contribution in [1.82, 2.24) is 10.2 Å². The van der Waals surface area contributed by atoms with Crippen LogP contribution in [0, 0.1) is 0 Å². The summed E-state index contributed by atoms with van der Waals surface area (Å²) in [6, 6.07) is -0.967. The first kappa shape index (κ1) is 18.6. The molecule has 0 radical (unpaired) electrons. The zero-order valence-electron chi connectivity index (χ0n) is 13.5. The zero-order valence-corrected chi connectivity index (χ0v) is 14.3. The van der Waals surface area contributed by atoms with Crippen molar-refractivity contribution in [2.45, 2.75) is 38.8 Å². The molecule has 0 aromatic heterocycles. The molecule has 7 nitrogen and oxygen atoms in total. The highest BCUT2D eigenvalue weighted by Gasteiger charge is 2.30. The molecule has 2 amide bonds. The molecule has 0 unspecified atom stereocenters. The van der Waals surface area contributed by atoms with Crippen LogP contribution in [-0.4, -0.2) is 66.2 Å². The van der Waals surface area contributed by atoms with Gasteiger partial charge in [-0.3, -0.25) is 9.59 Å². The van der Waals surface area contributed by atoms with Crippen LogP contribution in [0.15, 0.2) is 0 Å². The van der Waals surface area contributed by atoms with Gasteiger partial charge in [-0.05, 0) is 20.8 Å². The van der Waals surface area contributed by atoms with Gasteiger partial charge < -0.3 is 19.7 Å². The summed E-state index contributed by atoms with van der Waals surface area (Å²) >= 11 is 1.77. The molecule has 0 aromatic carbocycles. The molecule has 22 heavy (non-hydrogen) atoms. The monoisotopic (exact) mass is 332 g/mol. The van der Waals surface area contributed by atoms with Crippen LogP contribution in [0.3, 0.4) is 0 Å². The molecule has 0 bridgehead atoms. The SMILES string of the molecule is COC(=O)C[C@H](NC(=O)OC(C)(C)C)C(=O)N1CCSCC1. The highest BCUT2D eigenvalue weighted by molar-refractivity contribution is 7.99. The number of rotatable bonds is 4. The van der Waals surface area contributed by atoms with Crippen LogP contribution in [0.4, 0.5) is 4.79 Å². The Balaban J connectivity index is 2.71. The minimum Gasteiger partial charge on any atom is -0.469 e. The molecular formula is C14H24N2O5S. The Morgan fingerprint density at radius 2 is 1.82 bits per heavy atom. The molecule has 0 aliphatic carbocycles. The molecule has 8 heteroatoms. The molecule has 1 atom stereocenters. The maximum absolute atomic E-state index is 12.5. The summed E-state index contributed by atoms with van der Waals surface area (Å²) in [4.78, 5) is 37.5. The highest BCUT2D eigenvalue weighted by Crippen LogP contribution is 2.13. The third-order valence-electron chi connectivity index (χ3n) is 2.91. The summed E-state index contributed by atoms with van der Waals surface area (Å²) < 4.78 is 9.74. The van der Waals surface area contributed by atoms with Crippen molar-refractivity contribution in [3.05, 3.63) is 0 Å². The predicted molar refractivity (Wildman–Crippen MR) is 83.7 cm³/mol. The van der Waals surface area contributed by atoms with Crippen molar-refractivity contribution in [1.29, 1.82) is 0 Å². The lowest BCUT2D eigenvalue weighted by Gasteiger charge is -2.30. The van der Waals surface area contributed by atoms with Gasteiger partial charge in [-0.15, -0.1) is 0 Å². The summed E-state index contributed by atoms with van der Waals surface area (Å²) in [5, 5.41) is 2.48. The van der Waals surface area contributed by atoms with Crippen LogP contribution in [0.5, 0.6) is 0 Å². The van der Waals surface area contributed by atoms with Crippen LogP contribution < -0.4 is 5.32 Å². The third kappa shape index (κ3) is 6.55. The lowest BCUT2D eigenvalue weighted by molar-refractivity contribution is -0.145. The highest BCUT2D eigenvalue weighted by atomic mass is 32.2. The summed E-state index contributed by atoms with van der Waals surface area (Å²) in [5.74, 6) is 0.865. The quantitative estimate of drug-likeness (QED) is 0.774. The molecule has 0 saturated carbocycles. The van der Waals surface area contributed by atoms with Crippen molar-refractivity contribution in [3.63, 3.8) is 0 Å². The molecule has 0 spiro atoms. The smallest absolute Gasteiger partial charge is 0.408 e. The summed E-state index contributed by atoms with van der Waals surface area (Å²) in [6.07, 6.45) is -0.931. The summed E-state index contributed by atoms with van der Waals surface area (Å²) in [6.45, 7) is 6.40. The number of nitrogens with one attached hydrogen (secondary N) is 1. The van der Waals surface area contributed by atoms with Crippen molar-refractivity contribution in [2.24, 2.45) is 0 Å². The van der Waals surface area contributed by atoms with Gasteiger partial charge >= 0.3 is 12.1 Å². The number of carbonyl (C=O) groups is 3. The number of amides is 2. The Labute approximate surface area is 135 Å². The van der Waals surface area contributed by atoms with E-state index >= 15 is 0 Å². The fourth-order valence-electron chi connectivity index (χ4n) is 1.90. The maximum Gasteiger partial charge on any atom is 0.408 e. The summed E-state index contributed by atoms with van der Waals surface area (Å²) in [7, 11) is 1.24. The Bertz CT molecular complexity index is 416. The van der Waals surface area contributed by atoms with E-state index in [1.807, 2.05) is 0 Å². The first-order valence-electron chi connectivity index (χ1n) is 7.16. The van der Waals surface area contributed by atoms with Crippen molar-refractivity contribution in [2.75, 3.05) is 31.7 Å². The van der Waals surface area contributed by atoms with Crippen molar-refractivity contribution < 1.29 is 23.9 Å². The number of esters is 1. The minimum atomic E-state index is -0.967. The van der Waals surface area contributed by atoms with E-state index in [0.29, 0.717) is 13.1 Å². The van der Waals surface area contributed by atoms with Crippen LogP contribution in [0.25, 0.3) is 0 Å². The fourth-order valence-corrected chi connectivity index (χ4v) is 2.81. The van der Waals surface area contributed by atoms with Gasteiger partial charge in [0.15, 0.2) is 0 Å². The van der Waals surface area contributed by atoms with E-state index in [0.717, 1.165) is 11.5 Å². The molecular weight excluding hydrogens is 308 g/mol. The van der Waals surface area contributed by atoms with E-state index in [1.54, 1.807) is 37.4 Å². The van der Waals surface area contributed by atoms with E-state index in [-0.39, 0.29) is 12.3 Å². The largest absolute Gasteiger partial charge is 0.469 e. The maximum atomic E-state index is 12.5. The van der Waals surface area contributed by atoms with Gasteiger partial charge in [-0.1, -0.05) is 0 Å². The van der Waals surface area contributed by atoms with Gasteiger partial charge in [0.2, 0.25) is 5.91 Å². The fraction of sp³-hybridized carbons (Fsp3) is 0.786. The number of hydrogen-bond donors (Lipinski definition) is 1. The van der Waals surface area contributed by atoms with Crippen molar-refractivity contribution in [3.8, 4) is 0 Å². The molecule has 1 saturated heterocycles. The molecule has 1 rings (SSSR count). The first-order chi connectivity index (χ1) is 10.2. The van der Waals surface area contributed by atoms with E-state index in [9.17, 15) is 14.4 Å². The third-order valence-corrected chi connectivity index (χ3v) is 3.85. The zero-order chi connectivity index (χ0) is 16.8. The molecule has 126 valence electrons. The Morgan fingerprint density at radius 1 is 1.23 bits per heavy atom. The second-order valence-electron chi connectivity index (χ2n) is 5.92. The number of ether oxygens (including phenoxy) is 2. The topological polar surface area (TPSA) is 84.9 Å². The van der Waals surface area contributed by atoms with Gasteiger partial charge in [0, 0.05) is 24.6 Å². The number of methoxy groups -OCH3 is 1. The van der Waals surface area contributed by atoms with Gasteiger partial charge in [-0.2, -0.15) is 11.8 Å². The molecule has 1 aliphatic heterocycles. The number of nitrogens with zero attached hydrogens (tertiary/aromatic N) is 1. The van der Waals surface area contributed by atoms with E-state index < -0.39 is 23.7 Å². The van der Waals surface area contributed by atoms with Gasteiger partial charge in [0.05, 0.1) is 13.5 Å². The lowest BCUT2D eigenvalue weighted by atomic mass is 10.1. The van der Waals surface area contributed by atoms with Crippen LogP contribution in [0.2, 0.25) is 0 Å². The average molecular weight is 332 g/mol. The molecule has 1 N–H and O–H groups in total. The van der Waals surface area contributed by atoms with Gasteiger partial charge in [-0.25, -0.2) is 4.79 Å². The molecule has 1 fully saturated rings. The predicted octanol–water partition coefficient (Wildman–Crippen LogP) is 1.02. The van der Waals surface area contributed by atoms with Crippen LogP contribution in [-0.2, 0) is 19.1 Å². The molecule has 1 aliphatic rings. The second-order valence-corrected chi connectivity index (χ2v) is 7.14. The van der Waals surface area contributed by atoms with E-state index in [4.69, 9.17) is 4.74 Å². The lowest BCUT2D eigenvalue weighted by Crippen LogP contribution is -2.52. The molecule has 0 aromatic rings. The second kappa shape index (κ2) is 8.26. The van der Waals surface area contributed by atoms with E-state index in [2.05, 4.69) is 10.1 Å². The molecule has 1 heterocycles. The van der Waals surface area contributed by atoms with Crippen LogP contribution >= 0.6 is 11.8 Å². The minimum absolute atomic E-state index is 0.210. The standard InChI is InChI=1S/C14H24N2O5S/c1-14(2,3)21-13(19)15-10(9-11(17)20-4)12(18)16-5-7-22-8-6-16/h10H,5-9H2,1-4H3,(H,15,19)/t10-/m0/s1. The Hall–Kier alpha value is -1.44. The Morgan fingerprint density at radius 3 is 2.32 bits per heavy atom. The number of thioether (sulfide) groups is 1. The summed E-state index contributed by atoms with van der Waals surface area (Å²) in [5.41, 5.74) is -0.676. The normalized spacial score (nSPS) is 16.6. The van der Waals surface area contributed by atoms with Gasteiger partial charge in [0.1, 0.15) is 11.6 Å². The van der Waals surface area contributed by atoms with Gasteiger partial charge in [0.25, 0.3) is 0 Å². The average Bonchev–Trinajstić information content (AvgIpc) is 2.44. The number of alkyl carbamates (subject to hydrolysis) is 1. The number of carbonyl (C=O) groups excluding carboxylic acids is 3. The Kier molecular flexibility index (Phi) is 6.99. The van der Waals surface area contributed by atoms with E-state index in [1.165, 1.54) is 7.11 Å². The van der Waals surface area contributed by atoms with Crippen LogP contribution in [0.1, 0.15) is 27.2 Å². The number of hydrogen-bond acceptors (Lipinski definition) is 6.